The molecule has 0 aromatic rings. The van der Waals surface area contributed by atoms with Gasteiger partial charge in [-0.1, -0.05) is 20.8 Å². The number of nitrogens with two attached hydrogens (primary N) is 2. The average Bonchev–Trinajstić information content (AvgIpc) is 3.11. The number of esters is 2. The molecule has 4 rings (SSSR count). The molecule has 0 spiro atoms. The summed E-state index contributed by atoms with van der Waals surface area (Å²) in [6.07, 6.45) is 8.83. The van der Waals surface area contributed by atoms with E-state index in [1.165, 1.54) is 26.9 Å². The van der Waals surface area contributed by atoms with Crippen LogP contribution in [0.5, 0.6) is 0 Å². The molecule has 4 N–H and O–H groups in total. The summed E-state index contributed by atoms with van der Waals surface area (Å²) in [6, 6.07) is 0.343. The van der Waals surface area contributed by atoms with Gasteiger partial charge in [-0.05, 0) is 97.7 Å². The van der Waals surface area contributed by atoms with Crippen molar-refractivity contribution < 1.29 is 19.1 Å². The van der Waals surface area contributed by atoms with E-state index in [4.69, 9.17) is 20.9 Å². The van der Waals surface area contributed by atoms with Gasteiger partial charge in [0.05, 0.1) is 7.11 Å². The molecule has 6 nitrogen and oxygen atoms in total. The number of methoxy groups -OCH3 is 1. The van der Waals surface area contributed by atoms with Crippen LogP contribution < -0.4 is 11.5 Å². The average molecular weight is 463 g/mol. The number of rotatable bonds is 5. The third kappa shape index (κ3) is 4.13. The molecule has 0 saturated heterocycles. The predicted molar refractivity (Wildman–Crippen MR) is 128 cm³/mol. The smallest absolute Gasteiger partial charge is 0.305 e. The van der Waals surface area contributed by atoms with Gasteiger partial charge < -0.3 is 20.9 Å². The molecular formula is C27H46N2O4. The van der Waals surface area contributed by atoms with Crippen molar-refractivity contribution in [1.29, 1.82) is 0 Å². The first-order valence-corrected chi connectivity index (χ1v) is 13.3. The van der Waals surface area contributed by atoms with Crippen LogP contribution in [0.1, 0.15) is 85.5 Å². The highest BCUT2D eigenvalue weighted by Gasteiger charge is 2.65. The number of ether oxygens (including phenoxy) is 2. The summed E-state index contributed by atoms with van der Waals surface area (Å²) in [5.41, 5.74) is 14.4. The minimum Gasteiger partial charge on any atom is -0.469 e. The first kappa shape index (κ1) is 25.0. The molecule has 0 amide bonds. The first-order valence-electron chi connectivity index (χ1n) is 13.3. The molecule has 0 aromatic heterocycles. The molecule has 188 valence electrons. The topological polar surface area (TPSA) is 105 Å². The Bertz CT molecular complexity index is 758. The fraction of sp³-hybridized carbons (Fsp3) is 0.926. The second-order valence-electron chi connectivity index (χ2n) is 12.4. The third-order valence-electron chi connectivity index (χ3n) is 11.1. The highest BCUT2D eigenvalue weighted by molar-refractivity contribution is 5.69. The second-order valence-corrected chi connectivity index (χ2v) is 12.4. The van der Waals surface area contributed by atoms with Gasteiger partial charge in [-0.3, -0.25) is 9.59 Å². The van der Waals surface area contributed by atoms with Gasteiger partial charge in [-0.15, -0.1) is 0 Å². The molecule has 4 aliphatic rings. The van der Waals surface area contributed by atoms with E-state index in [-0.39, 0.29) is 41.0 Å². The lowest BCUT2D eigenvalue weighted by Crippen LogP contribution is -2.65. The Labute approximate surface area is 199 Å². The van der Waals surface area contributed by atoms with E-state index in [0.717, 1.165) is 38.5 Å². The minimum atomic E-state index is -0.171. The molecule has 33 heavy (non-hydrogen) atoms. The highest BCUT2D eigenvalue weighted by atomic mass is 16.5. The summed E-state index contributed by atoms with van der Waals surface area (Å²) in [5, 5.41) is 0. The van der Waals surface area contributed by atoms with Crippen molar-refractivity contribution in [3.05, 3.63) is 0 Å². The molecule has 0 aromatic carbocycles. The van der Waals surface area contributed by atoms with E-state index in [1.54, 1.807) is 0 Å². The third-order valence-corrected chi connectivity index (χ3v) is 11.1. The van der Waals surface area contributed by atoms with Gasteiger partial charge >= 0.3 is 11.9 Å². The zero-order chi connectivity index (χ0) is 24.1. The van der Waals surface area contributed by atoms with Gasteiger partial charge in [0.25, 0.3) is 0 Å². The van der Waals surface area contributed by atoms with Crippen molar-refractivity contribution in [2.75, 3.05) is 7.11 Å². The SMILES string of the molecule is COC(=O)CC[C@@H](C)[C@H]1CC[C@H]2[C@@H]3[C@H](N)C[C@@H]4C[C@H](OC(C)=O)CC[C@]4(C)[C@H]3C[C@H](N)[C@]12C. The molecule has 11 atom stereocenters. The maximum absolute atomic E-state index is 11.7. The number of fused-ring (bicyclic) bond motifs is 5. The Kier molecular flexibility index (Phi) is 6.92. The van der Waals surface area contributed by atoms with Gasteiger partial charge in [0.1, 0.15) is 6.10 Å². The Hall–Kier alpha value is -1.14. The maximum atomic E-state index is 11.7. The van der Waals surface area contributed by atoms with E-state index >= 15 is 0 Å². The van der Waals surface area contributed by atoms with E-state index in [1.807, 2.05) is 0 Å². The number of hydrogen-bond donors (Lipinski definition) is 2. The summed E-state index contributed by atoms with van der Waals surface area (Å²) >= 11 is 0. The normalized spacial score (nSPS) is 47.6. The van der Waals surface area contributed by atoms with Crippen LogP contribution >= 0.6 is 0 Å². The van der Waals surface area contributed by atoms with Crippen molar-refractivity contribution in [1.82, 2.24) is 0 Å². The van der Waals surface area contributed by atoms with Crippen LogP contribution in [-0.4, -0.2) is 37.2 Å². The van der Waals surface area contributed by atoms with Crippen molar-refractivity contribution in [3.63, 3.8) is 0 Å². The van der Waals surface area contributed by atoms with Crippen LogP contribution in [0.15, 0.2) is 0 Å². The zero-order valence-corrected chi connectivity index (χ0v) is 21.3. The Morgan fingerprint density at radius 3 is 2.45 bits per heavy atom. The lowest BCUT2D eigenvalue weighted by molar-refractivity contribution is -0.164. The quantitative estimate of drug-likeness (QED) is 0.598. The number of hydrogen-bond acceptors (Lipinski definition) is 6. The summed E-state index contributed by atoms with van der Waals surface area (Å²) in [5.74, 6) is 2.79. The largest absolute Gasteiger partial charge is 0.469 e. The first-order chi connectivity index (χ1) is 15.5. The molecular weight excluding hydrogens is 416 g/mol. The van der Waals surface area contributed by atoms with Gasteiger partial charge in [0.2, 0.25) is 0 Å². The monoisotopic (exact) mass is 462 g/mol. The van der Waals surface area contributed by atoms with Crippen molar-refractivity contribution in [2.24, 2.45) is 57.8 Å². The van der Waals surface area contributed by atoms with Crippen LogP contribution in [-0.2, 0) is 19.1 Å². The zero-order valence-electron chi connectivity index (χ0n) is 21.3. The predicted octanol–water partition coefficient (Wildman–Crippen LogP) is 4.04. The molecule has 4 aliphatic carbocycles. The number of carbonyl (C=O) groups excluding carboxylic acids is 2. The number of carbonyl (C=O) groups is 2. The van der Waals surface area contributed by atoms with Crippen molar-refractivity contribution in [3.8, 4) is 0 Å². The summed E-state index contributed by atoms with van der Waals surface area (Å²) in [7, 11) is 1.47. The summed E-state index contributed by atoms with van der Waals surface area (Å²) in [4.78, 5) is 23.3. The fourth-order valence-corrected chi connectivity index (χ4v) is 9.29. The standard InChI is InChI=1S/C27H46N2O4/c1-15(6-9-24(31)32-5)19-7-8-20-25-21(14-23(29)27(19,20)4)26(3)11-10-18(33-16(2)30)12-17(26)13-22(25)28/h15,17-23,25H,6-14,28-29H2,1-5H3/t15-,17+,18-,19-,20+,21+,22-,23+,25+,26+,27-/m1/s1. The molecule has 6 heteroatoms. The van der Waals surface area contributed by atoms with Crippen molar-refractivity contribution >= 4 is 11.9 Å². The molecule has 0 bridgehead atoms. The van der Waals surface area contributed by atoms with E-state index in [2.05, 4.69) is 20.8 Å². The molecule has 4 fully saturated rings. The second kappa shape index (κ2) is 9.14. The maximum Gasteiger partial charge on any atom is 0.305 e. The summed E-state index contributed by atoms with van der Waals surface area (Å²) in [6.45, 7) is 8.73. The van der Waals surface area contributed by atoms with E-state index < -0.39 is 0 Å². The summed E-state index contributed by atoms with van der Waals surface area (Å²) < 4.78 is 10.5. The van der Waals surface area contributed by atoms with Crippen LogP contribution in [0.4, 0.5) is 0 Å². The highest BCUT2D eigenvalue weighted by Crippen LogP contribution is 2.67. The van der Waals surface area contributed by atoms with Gasteiger partial charge in [0.15, 0.2) is 0 Å². The Morgan fingerprint density at radius 2 is 1.79 bits per heavy atom. The van der Waals surface area contributed by atoms with Gasteiger partial charge in [0, 0.05) is 25.4 Å². The van der Waals surface area contributed by atoms with Crippen LogP contribution in [0.25, 0.3) is 0 Å². The molecule has 0 radical (unpaired) electrons. The van der Waals surface area contributed by atoms with E-state index in [0.29, 0.717) is 41.9 Å². The van der Waals surface area contributed by atoms with E-state index in [9.17, 15) is 9.59 Å². The van der Waals surface area contributed by atoms with Crippen LogP contribution in [0, 0.1) is 46.3 Å². The Morgan fingerprint density at radius 1 is 1.06 bits per heavy atom. The van der Waals surface area contributed by atoms with Crippen LogP contribution in [0.2, 0.25) is 0 Å². The molecule has 4 saturated carbocycles. The minimum absolute atomic E-state index is 0.0402. The lowest BCUT2D eigenvalue weighted by atomic mass is 9.42. The molecule has 0 aliphatic heterocycles. The lowest BCUT2D eigenvalue weighted by Gasteiger charge is -2.64. The van der Waals surface area contributed by atoms with Gasteiger partial charge in [-0.2, -0.15) is 0 Å². The Balaban J connectivity index is 1.54. The fourth-order valence-electron chi connectivity index (χ4n) is 9.29. The molecule has 0 unspecified atom stereocenters. The molecule has 0 heterocycles. The van der Waals surface area contributed by atoms with Crippen molar-refractivity contribution in [2.45, 2.75) is 104 Å². The van der Waals surface area contributed by atoms with Crippen LogP contribution in [0.3, 0.4) is 0 Å². The van der Waals surface area contributed by atoms with Gasteiger partial charge in [-0.25, -0.2) is 0 Å².